The van der Waals surface area contributed by atoms with Gasteiger partial charge in [-0.25, -0.2) is 0 Å². The van der Waals surface area contributed by atoms with Gasteiger partial charge >= 0.3 is 0 Å². The summed E-state index contributed by atoms with van der Waals surface area (Å²) in [6.07, 6.45) is 5.00. The summed E-state index contributed by atoms with van der Waals surface area (Å²) >= 11 is 1.62. The molecule has 0 N–H and O–H groups in total. The molecule has 0 bridgehead atoms. The van der Waals surface area contributed by atoms with Crippen molar-refractivity contribution in [1.82, 2.24) is 4.90 Å². The van der Waals surface area contributed by atoms with Gasteiger partial charge in [-0.3, -0.25) is 4.79 Å². The van der Waals surface area contributed by atoms with Gasteiger partial charge in [0.1, 0.15) is 0 Å². The fourth-order valence-corrected chi connectivity index (χ4v) is 3.67. The Morgan fingerprint density at radius 3 is 2.95 bits per heavy atom. The number of methoxy groups -OCH3 is 1. The van der Waals surface area contributed by atoms with Crippen molar-refractivity contribution < 1.29 is 9.53 Å². The molecule has 1 aromatic heterocycles. The van der Waals surface area contributed by atoms with E-state index in [2.05, 4.69) is 6.07 Å². The van der Waals surface area contributed by atoms with Crippen molar-refractivity contribution in [3.63, 3.8) is 0 Å². The molecule has 20 heavy (non-hydrogen) atoms. The molecule has 108 valence electrons. The third kappa shape index (κ3) is 3.59. The summed E-state index contributed by atoms with van der Waals surface area (Å²) in [7, 11) is 1.62. The monoisotopic (exact) mass is 292 g/mol. The average Bonchev–Trinajstić information content (AvgIpc) is 2.90. The third-order valence-corrected chi connectivity index (χ3v) is 4.78. The highest BCUT2D eigenvalue weighted by Gasteiger charge is 2.21. The van der Waals surface area contributed by atoms with E-state index in [1.165, 1.54) is 23.3 Å². The number of hydrogen-bond acceptors (Lipinski definition) is 4. The SMILES string of the molecule is COCCN(CCC#N)C(=O)c1cc2c(s1)CCCC2. The molecule has 0 aliphatic heterocycles. The number of amides is 1. The van der Waals surface area contributed by atoms with Crippen LogP contribution >= 0.6 is 11.3 Å². The minimum Gasteiger partial charge on any atom is -0.383 e. The van der Waals surface area contributed by atoms with E-state index in [0.29, 0.717) is 26.1 Å². The highest BCUT2D eigenvalue weighted by Crippen LogP contribution is 2.30. The van der Waals surface area contributed by atoms with Gasteiger partial charge in [-0.1, -0.05) is 0 Å². The lowest BCUT2D eigenvalue weighted by Crippen LogP contribution is -2.34. The summed E-state index contributed by atoms with van der Waals surface area (Å²) in [5.74, 6) is 0.0386. The molecule has 1 aromatic rings. The van der Waals surface area contributed by atoms with Gasteiger partial charge in [-0.15, -0.1) is 11.3 Å². The minimum atomic E-state index is 0.0386. The number of aryl methyl sites for hydroxylation is 2. The molecule has 1 heterocycles. The first kappa shape index (κ1) is 15.0. The molecule has 0 unspecified atom stereocenters. The number of carbonyl (C=O) groups is 1. The van der Waals surface area contributed by atoms with Gasteiger partial charge in [0.2, 0.25) is 0 Å². The average molecular weight is 292 g/mol. The largest absolute Gasteiger partial charge is 0.383 e. The molecular weight excluding hydrogens is 272 g/mol. The fraction of sp³-hybridized carbons (Fsp3) is 0.600. The predicted octanol–water partition coefficient (Wildman–Crippen LogP) is 2.63. The second-order valence-electron chi connectivity index (χ2n) is 4.96. The summed E-state index contributed by atoms with van der Waals surface area (Å²) in [6, 6.07) is 4.15. The Balaban J connectivity index is 2.09. The number of nitriles is 1. The van der Waals surface area contributed by atoms with Gasteiger partial charge in [0.25, 0.3) is 5.91 Å². The Bertz CT molecular complexity index is 481. The third-order valence-electron chi connectivity index (χ3n) is 3.55. The molecule has 5 heteroatoms. The summed E-state index contributed by atoms with van der Waals surface area (Å²) < 4.78 is 5.05. The molecule has 1 aliphatic rings. The molecule has 0 saturated heterocycles. The summed E-state index contributed by atoms with van der Waals surface area (Å²) in [5, 5.41) is 8.71. The Morgan fingerprint density at radius 2 is 2.25 bits per heavy atom. The quantitative estimate of drug-likeness (QED) is 0.810. The van der Waals surface area contributed by atoms with E-state index in [1.807, 2.05) is 6.07 Å². The van der Waals surface area contributed by atoms with Crippen LogP contribution in [0.3, 0.4) is 0 Å². The Labute approximate surface area is 124 Å². The Hall–Kier alpha value is -1.38. The van der Waals surface area contributed by atoms with Crippen molar-refractivity contribution in [2.75, 3.05) is 26.8 Å². The van der Waals surface area contributed by atoms with E-state index < -0.39 is 0 Å². The van der Waals surface area contributed by atoms with Crippen molar-refractivity contribution in [2.45, 2.75) is 32.1 Å². The molecule has 4 nitrogen and oxygen atoms in total. The molecule has 0 radical (unpaired) electrons. The van der Waals surface area contributed by atoms with Gasteiger partial charge in [-0.2, -0.15) is 5.26 Å². The molecule has 0 fully saturated rings. The number of fused-ring (bicyclic) bond motifs is 1. The zero-order valence-electron chi connectivity index (χ0n) is 11.9. The van der Waals surface area contributed by atoms with Crippen LogP contribution in [-0.2, 0) is 17.6 Å². The second-order valence-corrected chi connectivity index (χ2v) is 6.10. The topological polar surface area (TPSA) is 53.3 Å². The lowest BCUT2D eigenvalue weighted by molar-refractivity contribution is 0.0704. The van der Waals surface area contributed by atoms with Crippen molar-refractivity contribution in [3.05, 3.63) is 21.4 Å². The van der Waals surface area contributed by atoms with Gasteiger partial charge in [0.05, 0.1) is 24.0 Å². The first-order chi connectivity index (χ1) is 9.76. The number of rotatable bonds is 6. The standard InChI is InChI=1S/C15H20N2O2S/c1-19-10-9-17(8-4-7-16)15(18)14-11-12-5-2-3-6-13(12)20-14/h11H,2-6,8-10H2,1H3. The van der Waals surface area contributed by atoms with E-state index in [1.54, 1.807) is 23.3 Å². The number of ether oxygens (including phenoxy) is 1. The highest BCUT2D eigenvalue weighted by atomic mass is 32.1. The number of nitrogens with zero attached hydrogens (tertiary/aromatic N) is 2. The summed E-state index contributed by atoms with van der Waals surface area (Å²) in [5.41, 5.74) is 1.34. The number of hydrogen-bond donors (Lipinski definition) is 0. The Kier molecular flexibility index (Phi) is 5.57. The molecule has 1 aliphatic carbocycles. The van der Waals surface area contributed by atoms with Crippen LogP contribution in [0, 0.1) is 11.3 Å². The zero-order chi connectivity index (χ0) is 14.4. The van der Waals surface area contributed by atoms with Crippen LogP contribution in [0.4, 0.5) is 0 Å². The highest BCUT2D eigenvalue weighted by molar-refractivity contribution is 7.14. The van der Waals surface area contributed by atoms with Crippen molar-refractivity contribution >= 4 is 17.2 Å². The van der Waals surface area contributed by atoms with Crippen LogP contribution in [0.2, 0.25) is 0 Å². The number of thiophene rings is 1. The van der Waals surface area contributed by atoms with Gasteiger partial charge in [-0.05, 0) is 37.3 Å². The second kappa shape index (κ2) is 7.41. The maximum atomic E-state index is 12.5. The zero-order valence-corrected chi connectivity index (χ0v) is 12.7. The minimum absolute atomic E-state index is 0.0386. The van der Waals surface area contributed by atoms with Gasteiger partial charge < -0.3 is 9.64 Å². The first-order valence-corrected chi connectivity index (χ1v) is 7.84. The van der Waals surface area contributed by atoms with Crippen molar-refractivity contribution in [1.29, 1.82) is 5.26 Å². The smallest absolute Gasteiger partial charge is 0.264 e. The van der Waals surface area contributed by atoms with E-state index in [0.717, 1.165) is 17.7 Å². The van der Waals surface area contributed by atoms with Crippen molar-refractivity contribution in [2.24, 2.45) is 0 Å². The first-order valence-electron chi connectivity index (χ1n) is 7.03. The molecule has 0 atom stereocenters. The van der Waals surface area contributed by atoms with E-state index in [9.17, 15) is 4.79 Å². The Morgan fingerprint density at radius 1 is 1.45 bits per heavy atom. The van der Waals surface area contributed by atoms with Crippen molar-refractivity contribution in [3.8, 4) is 6.07 Å². The van der Waals surface area contributed by atoms with Gasteiger partial charge in [0, 0.05) is 25.1 Å². The normalized spacial score (nSPS) is 13.6. The maximum absolute atomic E-state index is 12.5. The maximum Gasteiger partial charge on any atom is 0.264 e. The molecule has 0 aromatic carbocycles. The van der Waals surface area contributed by atoms with E-state index >= 15 is 0 Å². The van der Waals surface area contributed by atoms with Crippen LogP contribution in [0.1, 0.15) is 39.4 Å². The van der Waals surface area contributed by atoms with Gasteiger partial charge in [0.15, 0.2) is 0 Å². The molecular formula is C15H20N2O2S. The molecule has 1 amide bonds. The van der Waals surface area contributed by atoms with Crippen LogP contribution in [-0.4, -0.2) is 37.6 Å². The van der Waals surface area contributed by atoms with Crippen LogP contribution in [0.5, 0.6) is 0 Å². The van der Waals surface area contributed by atoms with Crippen LogP contribution in [0.25, 0.3) is 0 Å². The number of carbonyl (C=O) groups excluding carboxylic acids is 1. The predicted molar refractivity (Wildman–Crippen MR) is 79.0 cm³/mol. The molecule has 0 spiro atoms. The van der Waals surface area contributed by atoms with Crippen LogP contribution < -0.4 is 0 Å². The fourth-order valence-electron chi connectivity index (χ4n) is 2.45. The lowest BCUT2D eigenvalue weighted by Gasteiger charge is -2.20. The molecule has 0 saturated carbocycles. The molecule has 2 rings (SSSR count). The van der Waals surface area contributed by atoms with E-state index in [4.69, 9.17) is 10.00 Å². The lowest BCUT2D eigenvalue weighted by atomic mass is 9.99. The summed E-state index contributed by atoms with van der Waals surface area (Å²) in [6.45, 7) is 1.52. The van der Waals surface area contributed by atoms with E-state index in [-0.39, 0.29) is 5.91 Å². The van der Waals surface area contributed by atoms with Crippen LogP contribution in [0.15, 0.2) is 6.07 Å². The summed E-state index contributed by atoms with van der Waals surface area (Å²) in [4.78, 5) is 16.5.